The molecule has 4 heteroatoms. The Hall–Kier alpha value is -2.75. The number of hydrogen-bond donors (Lipinski definition) is 0. The number of hydrogen-bond acceptors (Lipinski definition) is 1. The largest absolute Gasteiger partial charge is 0.434 e. The molecule has 3 rings (SSSR count). The second-order valence-corrected chi connectivity index (χ2v) is 7.48. The van der Waals surface area contributed by atoms with Gasteiger partial charge >= 0.3 is 6.61 Å². The Bertz CT molecular complexity index is 993. The third-order valence-electron chi connectivity index (χ3n) is 5.27. The van der Waals surface area contributed by atoms with E-state index in [4.69, 9.17) is 4.74 Å². The Labute approximate surface area is 176 Å². The molecular formula is C26H27F3O. The number of unbranched alkanes of at least 4 members (excludes halogenated alkanes) is 2. The zero-order chi connectivity index (χ0) is 21.5. The van der Waals surface area contributed by atoms with Crippen LogP contribution in [0.1, 0.15) is 43.7 Å². The minimum Gasteiger partial charge on any atom is -0.434 e. The zero-order valence-corrected chi connectivity index (χ0v) is 17.3. The van der Waals surface area contributed by atoms with Crippen LogP contribution < -0.4 is 4.74 Å². The van der Waals surface area contributed by atoms with Gasteiger partial charge in [0.25, 0.3) is 0 Å². The van der Waals surface area contributed by atoms with E-state index in [1.54, 1.807) is 18.2 Å². The van der Waals surface area contributed by atoms with Gasteiger partial charge in [-0.1, -0.05) is 68.3 Å². The highest BCUT2D eigenvalue weighted by molar-refractivity contribution is 5.92. The van der Waals surface area contributed by atoms with Crippen LogP contribution in [0.25, 0.3) is 21.9 Å². The maximum absolute atomic E-state index is 15.5. The van der Waals surface area contributed by atoms with Crippen molar-refractivity contribution in [3.8, 4) is 16.9 Å². The molecule has 0 aliphatic carbocycles. The van der Waals surface area contributed by atoms with Crippen LogP contribution in [0.4, 0.5) is 13.2 Å². The first-order chi connectivity index (χ1) is 14.5. The van der Waals surface area contributed by atoms with Crippen molar-refractivity contribution in [2.75, 3.05) is 0 Å². The normalized spacial score (nSPS) is 11.2. The second-order valence-electron chi connectivity index (χ2n) is 7.48. The molecule has 0 N–H and O–H groups in total. The van der Waals surface area contributed by atoms with Crippen LogP contribution in [-0.2, 0) is 12.8 Å². The molecule has 0 fully saturated rings. The maximum Gasteiger partial charge on any atom is 0.387 e. The van der Waals surface area contributed by atoms with E-state index in [9.17, 15) is 8.78 Å². The van der Waals surface area contributed by atoms with E-state index in [1.165, 1.54) is 6.07 Å². The molecule has 3 aromatic carbocycles. The third kappa shape index (κ3) is 5.24. The molecule has 0 bridgehead atoms. The Balaban J connectivity index is 2.03. The van der Waals surface area contributed by atoms with Gasteiger partial charge in [-0.15, -0.1) is 6.58 Å². The summed E-state index contributed by atoms with van der Waals surface area (Å²) in [5, 5.41) is 0.936. The van der Waals surface area contributed by atoms with Crippen molar-refractivity contribution >= 4 is 10.8 Å². The van der Waals surface area contributed by atoms with Gasteiger partial charge in [0.05, 0.1) is 5.56 Å². The average molecular weight is 412 g/mol. The average Bonchev–Trinajstić information content (AvgIpc) is 2.73. The van der Waals surface area contributed by atoms with Gasteiger partial charge in [0.15, 0.2) is 0 Å². The van der Waals surface area contributed by atoms with Gasteiger partial charge in [-0.05, 0) is 53.8 Å². The Morgan fingerprint density at radius 1 is 0.967 bits per heavy atom. The van der Waals surface area contributed by atoms with Crippen LogP contribution in [-0.4, -0.2) is 6.61 Å². The quantitative estimate of drug-likeness (QED) is 0.241. The fraction of sp³-hybridized carbons (Fsp3) is 0.308. The van der Waals surface area contributed by atoms with Crippen molar-refractivity contribution in [2.24, 2.45) is 0 Å². The SMILES string of the molecule is C=CCCc1ccc2c(F)c(-c3ccc(CCCCC)cc3)c(OC(F)F)cc2c1. The van der Waals surface area contributed by atoms with Gasteiger partial charge in [0.1, 0.15) is 11.6 Å². The van der Waals surface area contributed by atoms with E-state index >= 15 is 4.39 Å². The summed E-state index contributed by atoms with van der Waals surface area (Å²) >= 11 is 0. The van der Waals surface area contributed by atoms with Crippen molar-refractivity contribution in [1.29, 1.82) is 0 Å². The molecule has 158 valence electrons. The number of fused-ring (bicyclic) bond motifs is 1. The standard InChI is InChI=1S/C26H27F3O/c1-3-5-7-9-18-10-13-20(14-11-18)24-23(30-26(28)29)17-21-16-19(8-6-4-2)12-15-22(21)25(24)27/h4,10-17,26H,2-3,5-9H2,1H3. The number of allylic oxidation sites excluding steroid dienone is 1. The summed E-state index contributed by atoms with van der Waals surface area (Å²) in [6, 6.07) is 14.3. The molecule has 0 heterocycles. The van der Waals surface area contributed by atoms with Crippen molar-refractivity contribution in [2.45, 2.75) is 52.1 Å². The van der Waals surface area contributed by atoms with Crippen LogP contribution >= 0.6 is 0 Å². The summed E-state index contributed by atoms with van der Waals surface area (Å²) in [5.41, 5.74) is 2.74. The summed E-state index contributed by atoms with van der Waals surface area (Å²) in [6.07, 6.45) is 7.69. The van der Waals surface area contributed by atoms with E-state index in [0.717, 1.165) is 49.7 Å². The van der Waals surface area contributed by atoms with Crippen molar-refractivity contribution < 1.29 is 17.9 Å². The minimum absolute atomic E-state index is 0.0711. The highest BCUT2D eigenvalue weighted by Gasteiger charge is 2.19. The van der Waals surface area contributed by atoms with E-state index in [-0.39, 0.29) is 11.3 Å². The van der Waals surface area contributed by atoms with Gasteiger partial charge in [-0.25, -0.2) is 4.39 Å². The molecule has 0 radical (unpaired) electrons. The Kier molecular flexibility index (Phi) is 7.56. The summed E-state index contributed by atoms with van der Waals surface area (Å²) < 4.78 is 46.3. The molecule has 0 saturated carbocycles. The number of alkyl halides is 2. The van der Waals surface area contributed by atoms with E-state index in [0.29, 0.717) is 16.3 Å². The third-order valence-corrected chi connectivity index (χ3v) is 5.27. The molecule has 0 amide bonds. The number of halogens is 3. The van der Waals surface area contributed by atoms with Crippen LogP contribution in [0.3, 0.4) is 0 Å². The van der Waals surface area contributed by atoms with Crippen molar-refractivity contribution in [1.82, 2.24) is 0 Å². The monoisotopic (exact) mass is 412 g/mol. The molecule has 0 aliphatic heterocycles. The summed E-state index contributed by atoms with van der Waals surface area (Å²) in [5.74, 6) is -0.688. The van der Waals surface area contributed by atoms with E-state index in [2.05, 4.69) is 13.5 Å². The molecular weight excluding hydrogens is 385 g/mol. The molecule has 30 heavy (non-hydrogen) atoms. The fourth-order valence-corrected chi connectivity index (χ4v) is 3.69. The first kappa shape index (κ1) is 21.9. The molecule has 0 atom stereocenters. The molecule has 0 unspecified atom stereocenters. The summed E-state index contributed by atoms with van der Waals surface area (Å²) in [7, 11) is 0. The van der Waals surface area contributed by atoms with Gasteiger partial charge in [-0.2, -0.15) is 8.78 Å². The smallest absolute Gasteiger partial charge is 0.387 e. The predicted octanol–water partition coefficient (Wildman–Crippen LogP) is 8.10. The maximum atomic E-state index is 15.5. The first-order valence-corrected chi connectivity index (χ1v) is 10.4. The topological polar surface area (TPSA) is 9.23 Å². The number of rotatable bonds is 10. The van der Waals surface area contributed by atoms with Gasteiger partial charge in [0, 0.05) is 5.39 Å². The lowest BCUT2D eigenvalue weighted by molar-refractivity contribution is -0.0494. The lowest BCUT2D eigenvalue weighted by Gasteiger charge is -2.15. The fourth-order valence-electron chi connectivity index (χ4n) is 3.69. The van der Waals surface area contributed by atoms with Crippen molar-refractivity contribution in [3.63, 3.8) is 0 Å². The molecule has 0 saturated heterocycles. The van der Waals surface area contributed by atoms with Crippen LogP contribution in [0.5, 0.6) is 5.75 Å². The van der Waals surface area contributed by atoms with E-state index in [1.807, 2.05) is 30.3 Å². The van der Waals surface area contributed by atoms with Crippen molar-refractivity contribution in [3.05, 3.63) is 78.1 Å². The molecule has 1 nitrogen and oxygen atoms in total. The number of aryl methyl sites for hydroxylation is 2. The first-order valence-electron chi connectivity index (χ1n) is 10.4. The van der Waals surface area contributed by atoms with Crippen LogP contribution in [0.15, 0.2) is 61.2 Å². The summed E-state index contributed by atoms with van der Waals surface area (Å²) in [4.78, 5) is 0. The Morgan fingerprint density at radius 2 is 1.70 bits per heavy atom. The number of ether oxygens (including phenoxy) is 1. The Morgan fingerprint density at radius 3 is 2.37 bits per heavy atom. The lowest BCUT2D eigenvalue weighted by Crippen LogP contribution is -2.05. The predicted molar refractivity (Wildman–Crippen MR) is 118 cm³/mol. The van der Waals surface area contributed by atoms with Crippen LogP contribution in [0.2, 0.25) is 0 Å². The second kappa shape index (κ2) is 10.3. The highest BCUT2D eigenvalue weighted by Crippen LogP contribution is 2.39. The lowest BCUT2D eigenvalue weighted by atomic mass is 9.95. The molecule has 0 spiro atoms. The van der Waals surface area contributed by atoms with Gasteiger partial charge in [-0.3, -0.25) is 0 Å². The molecule has 0 aliphatic rings. The van der Waals surface area contributed by atoms with Gasteiger partial charge in [0.2, 0.25) is 0 Å². The van der Waals surface area contributed by atoms with E-state index < -0.39 is 12.4 Å². The van der Waals surface area contributed by atoms with Crippen LogP contribution in [0, 0.1) is 5.82 Å². The minimum atomic E-state index is -3.03. The van der Waals surface area contributed by atoms with Gasteiger partial charge < -0.3 is 4.74 Å². The highest BCUT2D eigenvalue weighted by atomic mass is 19.3. The number of benzene rings is 3. The zero-order valence-electron chi connectivity index (χ0n) is 17.3. The molecule has 0 aromatic heterocycles. The molecule has 3 aromatic rings. The summed E-state index contributed by atoms with van der Waals surface area (Å²) in [6.45, 7) is 2.83.